The molecule has 0 aromatic heterocycles. The van der Waals surface area contributed by atoms with E-state index in [1.807, 2.05) is 68.5 Å². The minimum atomic E-state index is -0.671. The lowest BCUT2D eigenvalue weighted by Crippen LogP contribution is -2.29. The first-order valence-electron chi connectivity index (χ1n) is 5.46. The van der Waals surface area contributed by atoms with Gasteiger partial charge in [-0.05, 0) is 5.56 Å². The molecule has 2 rings (SSSR count). The van der Waals surface area contributed by atoms with Crippen molar-refractivity contribution < 1.29 is 4.79 Å². The second-order valence-corrected chi connectivity index (χ2v) is 5.65. The van der Waals surface area contributed by atoms with E-state index in [0.717, 1.165) is 11.1 Å². The average molecular weight is 287 g/mol. The molecule has 17 heavy (non-hydrogen) atoms. The summed E-state index contributed by atoms with van der Waals surface area (Å²) in [6, 6.07) is 19.1. The van der Waals surface area contributed by atoms with Gasteiger partial charge in [-0.15, -0.1) is 0 Å². The highest BCUT2D eigenvalue weighted by atomic mass is 79.9. The first kappa shape index (κ1) is 12.1. The summed E-state index contributed by atoms with van der Waals surface area (Å²) in [5.74, 6) is 0.0734. The number of hydrogen-bond acceptors (Lipinski definition) is 1. The maximum Gasteiger partial charge on any atom is 0.175 e. The van der Waals surface area contributed by atoms with Gasteiger partial charge in [0.1, 0.15) is 7.85 Å². The normalized spacial score (nSPS) is 13.9. The van der Waals surface area contributed by atoms with Gasteiger partial charge in [0.15, 0.2) is 5.78 Å². The van der Waals surface area contributed by atoms with E-state index in [9.17, 15) is 4.79 Å². The van der Waals surface area contributed by atoms with Crippen molar-refractivity contribution in [2.24, 2.45) is 0 Å². The van der Waals surface area contributed by atoms with Crippen molar-refractivity contribution in [3.05, 3.63) is 71.8 Å². The SMILES string of the molecule is BC(Br)(C(=O)c1ccccc1)c1ccccc1. The third-order valence-corrected chi connectivity index (χ3v) is 3.60. The second-order valence-electron chi connectivity index (χ2n) is 4.06. The zero-order valence-corrected chi connectivity index (χ0v) is 11.1. The molecule has 0 heterocycles. The number of hydrogen-bond donors (Lipinski definition) is 0. The molecular formula is C14H12BBrO. The monoisotopic (exact) mass is 286 g/mol. The molecule has 1 unspecified atom stereocenters. The smallest absolute Gasteiger partial charge is 0.175 e. The molecule has 0 bridgehead atoms. The molecule has 0 N–H and O–H groups in total. The quantitative estimate of drug-likeness (QED) is 0.482. The summed E-state index contributed by atoms with van der Waals surface area (Å²) < 4.78 is -0.671. The number of alkyl halides is 1. The molecule has 0 spiro atoms. The van der Waals surface area contributed by atoms with Gasteiger partial charge in [-0.2, -0.15) is 0 Å². The van der Waals surface area contributed by atoms with Gasteiger partial charge in [-0.3, -0.25) is 4.79 Å². The minimum absolute atomic E-state index is 0.0734. The van der Waals surface area contributed by atoms with Gasteiger partial charge in [-0.25, -0.2) is 0 Å². The highest BCUT2D eigenvalue weighted by Gasteiger charge is 2.32. The number of benzene rings is 2. The van der Waals surface area contributed by atoms with Crippen molar-refractivity contribution in [2.75, 3.05) is 0 Å². The summed E-state index contributed by atoms with van der Waals surface area (Å²) in [6.07, 6.45) is 0. The van der Waals surface area contributed by atoms with Crippen LogP contribution in [-0.4, -0.2) is 13.6 Å². The largest absolute Gasteiger partial charge is 0.293 e. The lowest BCUT2D eigenvalue weighted by molar-refractivity contribution is 0.0977. The molecular weight excluding hydrogens is 275 g/mol. The lowest BCUT2D eigenvalue weighted by Gasteiger charge is -2.21. The van der Waals surface area contributed by atoms with Gasteiger partial charge in [-0.1, -0.05) is 76.6 Å². The Balaban J connectivity index is 2.37. The molecule has 1 atom stereocenters. The fourth-order valence-corrected chi connectivity index (χ4v) is 2.24. The number of carbonyl (C=O) groups is 1. The zero-order chi connectivity index (χ0) is 12.3. The molecule has 0 amide bonds. The Labute approximate surface area is 110 Å². The molecule has 0 aliphatic heterocycles. The molecule has 0 saturated carbocycles. The van der Waals surface area contributed by atoms with Crippen molar-refractivity contribution in [2.45, 2.75) is 4.22 Å². The third-order valence-electron chi connectivity index (χ3n) is 2.78. The molecule has 0 aliphatic rings. The van der Waals surface area contributed by atoms with E-state index >= 15 is 0 Å². The van der Waals surface area contributed by atoms with Crippen molar-refractivity contribution in [3.8, 4) is 0 Å². The van der Waals surface area contributed by atoms with Gasteiger partial charge in [0.2, 0.25) is 0 Å². The van der Waals surface area contributed by atoms with E-state index in [4.69, 9.17) is 0 Å². The Morgan fingerprint density at radius 1 is 0.941 bits per heavy atom. The minimum Gasteiger partial charge on any atom is -0.293 e. The molecule has 2 aromatic carbocycles. The molecule has 3 heteroatoms. The fourth-order valence-electron chi connectivity index (χ4n) is 1.74. The first-order chi connectivity index (χ1) is 8.12. The maximum atomic E-state index is 12.4. The van der Waals surface area contributed by atoms with Crippen molar-refractivity contribution >= 4 is 29.6 Å². The summed E-state index contributed by atoms with van der Waals surface area (Å²) >= 11 is 3.54. The van der Waals surface area contributed by atoms with Crippen LogP contribution in [0, 0.1) is 0 Å². The van der Waals surface area contributed by atoms with Crippen LogP contribution < -0.4 is 0 Å². The Hall–Kier alpha value is -1.35. The van der Waals surface area contributed by atoms with E-state index in [2.05, 4.69) is 15.9 Å². The summed E-state index contributed by atoms with van der Waals surface area (Å²) in [5.41, 5.74) is 1.68. The van der Waals surface area contributed by atoms with Crippen molar-refractivity contribution in [1.29, 1.82) is 0 Å². The molecule has 1 nitrogen and oxygen atoms in total. The molecule has 0 fully saturated rings. The summed E-state index contributed by atoms with van der Waals surface area (Å²) in [5, 5.41) is 0. The number of rotatable bonds is 3. The highest BCUT2D eigenvalue weighted by molar-refractivity contribution is 9.10. The van der Waals surface area contributed by atoms with Gasteiger partial charge < -0.3 is 0 Å². The number of Topliss-reactive ketones (excluding diaryl/α,β-unsaturated/α-hetero) is 1. The molecule has 0 saturated heterocycles. The van der Waals surface area contributed by atoms with Crippen LogP contribution in [0.5, 0.6) is 0 Å². The topological polar surface area (TPSA) is 17.1 Å². The van der Waals surface area contributed by atoms with Crippen molar-refractivity contribution in [1.82, 2.24) is 0 Å². The summed E-state index contributed by atoms with van der Waals surface area (Å²) in [6.45, 7) is 0. The number of ketones is 1. The molecule has 0 radical (unpaired) electrons. The van der Waals surface area contributed by atoms with E-state index in [-0.39, 0.29) is 5.78 Å². The Bertz CT molecular complexity index is 508. The molecule has 2 aromatic rings. The maximum absolute atomic E-state index is 12.4. The van der Waals surface area contributed by atoms with E-state index in [1.54, 1.807) is 0 Å². The predicted molar refractivity (Wildman–Crippen MR) is 76.4 cm³/mol. The average Bonchev–Trinajstić information content (AvgIpc) is 2.40. The first-order valence-corrected chi connectivity index (χ1v) is 6.26. The molecule has 0 aliphatic carbocycles. The standard InChI is InChI=1S/C14H12BBrO/c15-14(16,12-9-5-2-6-10-12)13(17)11-7-3-1-4-8-11/h1-10H,15H2. The van der Waals surface area contributed by atoms with Gasteiger partial charge >= 0.3 is 0 Å². The Kier molecular flexibility index (Phi) is 3.48. The Morgan fingerprint density at radius 3 is 1.94 bits per heavy atom. The van der Waals surface area contributed by atoms with Crippen LogP contribution in [0.1, 0.15) is 15.9 Å². The van der Waals surface area contributed by atoms with Gasteiger partial charge in [0.05, 0.1) is 4.22 Å². The number of carbonyl (C=O) groups excluding carboxylic acids is 1. The van der Waals surface area contributed by atoms with E-state index in [0.29, 0.717) is 0 Å². The van der Waals surface area contributed by atoms with Gasteiger partial charge in [0.25, 0.3) is 0 Å². The summed E-state index contributed by atoms with van der Waals surface area (Å²) in [7, 11) is 1.89. The van der Waals surface area contributed by atoms with Crippen LogP contribution in [0.25, 0.3) is 0 Å². The van der Waals surface area contributed by atoms with E-state index < -0.39 is 4.22 Å². The zero-order valence-electron chi connectivity index (χ0n) is 9.56. The van der Waals surface area contributed by atoms with Crippen LogP contribution in [0.4, 0.5) is 0 Å². The third kappa shape index (κ3) is 2.50. The van der Waals surface area contributed by atoms with Gasteiger partial charge in [0, 0.05) is 5.56 Å². The van der Waals surface area contributed by atoms with Crippen LogP contribution >= 0.6 is 15.9 Å². The van der Waals surface area contributed by atoms with Crippen LogP contribution in [-0.2, 0) is 4.22 Å². The second kappa shape index (κ2) is 4.88. The highest BCUT2D eigenvalue weighted by Crippen LogP contribution is 2.31. The Morgan fingerprint density at radius 2 is 1.41 bits per heavy atom. The van der Waals surface area contributed by atoms with Crippen molar-refractivity contribution in [3.63, 3.8) is 0 Å². The number of halogens is 1. The van der Waals surface area contributed by atoms with E-state index in [1.165, 1.54) is 0 Å². The lowest BCUT2D eigenvalue weighted by atomic mass is 9.75. The summed E-state index contributed by atoms with van der Waals surface area (Å²) in [4.78, 5) is 12.4. The van der Waals surface area contributed by atoms with Crippen LogP contribution in [0.15, 0.2) is 60.7 Å². The molecule has 84 valence electrons. The van der Waals surface area contributed by atoms with Crippen LogP contribution in [0.2, 0.25) is 0 Å². The van der Waals surface area contributed by atoms with Crippen LogP contribution in [0.3, 0.4) is 0 Å². The fraction of sp³-hybridized carbons (Fsp3) is 0.0714. The predicted octanol–water partition coefficient (Wildman–Crippen LogP) is 2.75.